The zero-order valence-corrected chi connectivity index (χ0v) is 30.4. The van der Waals surface area contributed by atoms with Gasteiger partial charge in [0.2, 0.25) is 0 Å². The van der Waals surface area contributed by atoms with Crippen molar-refractivity contribution in [3.05, 3.63) is 104 Å². The fourth-order valence-electron chi connectivity index (χ4n) is 5.81. The van der Waals surface area contributed by atoms with Gasteiger partial charge in [-0.3, -0.25) is 0 Å². The minimum absolute atomic E-state index is 0.151. The van der Waals surface area contributed by atoms with E-state index in [1.54, 1.807) is 0 Å². The van der Waals surface area contributed by atoms with Crippen LogP contribution < -0.4 is 13.6 Å². The third kappa shape index (κ3) is 7.33. The summed E-state index contributed by atoms with van der Waals surface area (Å²) < 4.78 is 20.5. The topological polar surface area (TPSA) is 47.9 Å². The van der Waals surface area contributed by atoms with Crippen LogP contribution in [-0.2, 0) is 0 Å². The molecule has 0 heterocycles. The molecule has 45 heavy (non-hydrogen) atoms. The summed E-state index contributed by atoms with van der Waals surface area (Å²) >= 11 is 0. The third-order valence-corrected chi connectivity index (χ3v) is 9.83. The molecule has 0 saturated heterocycles. The molecular formula is C40H51O4P. The van der Waals surface area contributed by atoms with E-state index in [4.69, 9.17) is 13.6 Å². The van der Waals surface area contributed by atoms with E-state index in [0.717, 1.165) is 78.3 Å². The molecule has 0 radical (unpaired) electrons. The lowest BCUT2D eigenvalue weighted by atomic mass is 9.84. The van der Waals surface area contributed by atoms with Gasteiger partial charge in [-0.15, -0.1) is 0 Å². The van der Waals surface area contributed by atoms with Crippen LogP contribution in [0.4, 0.5) is 0 Å². The Morgan fingerprint density at radius 2 is 1.02 bits per heavy atom. The third-order valence-electron chi connectivity index (χ3n) is 8.80. The predicted molar refractivity (Wildman–Crippen MR) is 191 cm³/mol. The lowest BCUT2D eigenvalue weighted by molar-refractivity contribution is 0.382. The molecule has 4 nitrogen and oxygen atoms in total. The molecule has 1 unspecified atom stereocenters. The van der Waals surface area contributed by atoms with Gasteiger partial charge in [0.25, 0.3) is 0 Å². The quantitative estimate of drug-likeness (QED) is 0.178. The van der Waals surface area contributed by atoms with Crippen LogP contribution in [0.3, 0.4) is 0 Å². The largest absolute Gasteiger partial charge is 0.530 e. The molecule has 4 aromatic carbocycles. The normalized spacial score (nSPS) is 12.3. The van der Waals surface area contributed by atoms with Crippen LogP contribution in [0, 0.1) is 48.5 Å². The Morgan fingerprint density at radius 3 is 1.60 bits per heavy atom. The first-order chi connectivity index (χ1) is 21.1. The first-order valence-corrected chi connectivity index (χ1v) is 17.2. The van der Waals surface area contributed by atoms with Crippen LogP contribution in [-0.4, -0.2) is 5.11 Å². The van der Waals surface area contributed by atoms with Gasteiger partial charge in [0, 0.05) is 11.1 Å². The van der Waals surface area contributed by atoms with Crippen molar-refractivity contribution in [2.24, 2.45) is 0 Å². The Morgan fingerprint density at radius 1 is 0.511 bits per heavy atom. The van der Waals surface area contributed by atoms with Crippen LogP contribution >= 0.6 is 8.60 Å². The molecule has 0 aromatic heterocycles. The van der Waals surface area contributed by atoms with Crippen molar-refractivity contribution in [3.63, 3.8) is 0 Å². The molecule has 0 aliphatic carbocycles. The average molecular weight is 627 g/mol. The smallest absolute Gasteiger partial charge is 0.507 e. The average Bonchev–Trinajstić information content (AvgIpc) is 2.95. The fourth-order valence-corrected chi connectivity index (χ4v) is 6.95. The van der Waals surface area contributed by atoms with E-state index in [0.29, 0.717) is 11.5 Å². The van der Waals surface area contributed by atoms with Crippen LogP contribution in [0.5, 0.6) is 23.0 Å². The van der Waals surface area contributed by atoms with Gasteiger partial charge in [-0.05, 0) is 128 Å². The second-order valence-electron chi connectivity index (χ2n) is 13.5. The molecule has 4 aromatic rings. The second-order valence-corrected chi connectivity index (χ2v) is 14.5. The summed E-state index contributed by atoms with van der Waals surface area (Å²) in [5.74, 6) is 3.05. The lowest BCUT2D eigenvalue weighted by Gasteiger charge is -2.27. The van der Waals surface area contributed by atoms with Crippen molar-refractivity contribution in [1.82, 2.24) is 0 Å². The van der Waals surface area contributed by atoms with E-state index in [-0.39, 0.29) is 17.8 Å². The molecule has 0 aliphatic rings. The number of phenolic OH excluding ortho intramolecular Hbond substituents is 1. The maximum atomic E-state index is 11.9. The maximum Gasteiger partial charge on any atom is 0.530 e. The molecule has 0 aliphatic heterocycles. The number of benzene rings is 4. The maximum absolute atomic E-state index is 11.9. The van der Waals surface area contributed by atoms with Gasteiger partial charge in [-0.25, -0.2) is 0 Å². The van der Waals surface area contributed by atoms with Crippen LogP contribution in [0.1, 0.15) is 115 Å². The Hall–Kier alpha value is -3.49. The summed E-state index contributed by atoms with van der Waals surface area (Å²) in [7, 11) is -1.97. The zero-order chi connectivity index (χ0) is 33.3. The van der Waals surface area contributed by atoms with Gasteiger partial charge in [0.15, 0.2) is 0 Å². The Balaban J connectivity index is 2.00. The molecule has 0 saturated carbocycles. The molecule has 1 atom stereocenters. The highest BCUT2D eigenvalue weighted by atomic mass is 31.2. The van der Waals surface area contributed by atoms with Crippen molar-refractivity contribution < 1.29 is 18.7 Å². The number of rotatable bonds is 10. The summed E-state index contributed by atoms with van der Waals surface area (Å²) in [5.41, 5.74) is 12.4. The first-order valence-electron chi connectivity index (χ1n) is 16.1. The van der Waals surface area contributed by atoms with E-state index in [9.17, 15) is 5.11 Å². The van der Waals surface area contributed by atoms with Gasteiger partial charge in [-0.1, -0.05) is 83.5 Å². The monoisotopic (exact) mass is 626 g/mol. The summed E-state index contributed by atoms with van der Waals surface area (Å²) in [6, 6.07) is 16.8. The minimum atomic E-state index is -1.97. The van der Waals surface area contributed by atoms with Gasteiger partial charge < -0.3 is 18.7 Å². The lowest BCUT2D eigenvalue weighted by Crippen LogP contribution is -2.09. The number of hydrogen-bond donors (Lipinski definition) is 1. The van der Waals surface area contributed by atoms with Crippen LogP contribution in [0.25, 0.3) is 11.1 Å². The van der Waals surface area contributed by atoms with E-state index in [1.165, 1.54) is 0 Å². The standard InChI is InChI=1S/C40H51O4P/c1-22(2)32-16-14-26(8)19-36(32)43-45(42-35-17-15-25(7)18-29(35)11)44-40-34(24(5)6)21-28(10)31(13)38(40)37-30(12)27(9)20-33(23(3)4)39(37)41/h14-24,41H,1-13H3. The van der Waals surface area contributed by atoms with E-state index in [2.05, 4.69) is 119 Å². The van der Waals surface area contributed by atoms with Gasteiger partial charge in [0.05, 0.1) is 0 Å². The molecule has 5 heteroatoms. The highest BCUT2D eigenvalue weighted by Crippen LogP contribution is 2.53. The number of aromatic hydroxyl groups is 1. The van der Waals surface area contributed by atoms with Gasteiger partial charge >= 0.3 is 8.60 Å². The Labute approximate surface area is 272 Å². The molecule has 0 bridgehead atoms. The zero-order valence-electron chi connectivity index (χ0n) is 29.5. The summed E-state index contributed by atoms with van der Waals surface area (Å²) in [4.78, 5) is 0. The Kier molecular flexibility index (Phi) is 10.6. The SMILES string of the molecule is Cc1ccc(OP(Oc2cc(C)ccc2C(C)C)Oc2c(C(C)C)cc(C)c(C)c2-c2c(C)c(C)cc(C(C)C)c2O)c(C)c1. The molecule has 1 N–H and O–H groups in total. The molecule has 4 rings (SSSR count). The molecule has 0 spiro atoms. The summed E-state index contributed by atoms with van der Waals surface area (Å²) in [6.07, 6.45) is 0. The van der Waals surface area contributed by atoms with E-state index in [1.807, 2.05) is 19.1 Å². The van der Waals surface area contributed by atoms with Crippen molar-refractivity contribution >= 4 is 8.60 Å². The van der Waals surface area contributed by atoms with Gasteiger partial charge in [-0.2, -0.15) is 0 Å². The minimum Gasteiger partial charge on any atom is -0.507 e. The van der Waals surface area contributed by atoms with Crippen LogP contribution in [0.2, 0.25) is 0 Å². The molecule has 0 fully saturated rings. The van der Waals surface area contributed by atoms with Crippen molar-refractivity contribution in [2.45, 2.75) is 108 Å². The second kappa shape index (κ2) is 13.9. The number of aryl methyl sites for hydroxylation is 5. The first kappa shape index (κ1) is 34.4. The van der Waals surface area contributed by atoms with Crippen molar-refractivity contribution in [2.75, 3.05) is 0 Å². The molecule has 0 amide bonds. The Bertz CT molecular complexity index is 1700. The molecule has 240 valence electrons. The van der Waals surface area contributed by atoms with Crippen molar-refractivity contribution in [1.29, 1.82) is 0 Å². The van der Waals surface area contributed by atoms with Gasteiger partial charge in [0.1, 0.15) is 23.0 Å². The van der Waals surface area contributed by atoms with Crippen molar-refractivity contribution in [3.8, 4) is 34.1 Å². The fraction of sp³-hybridized carbons (Fsp3) is 0.400. The highest BCUT2D eigenvalue weighted by Gasteiger charge is 2.30. The summed E-state index contributed by atoms with van der Waals surface area (Å²) in [5, 5.41) is 11.9. The van der Waals surface area contributed by atoms with E-state index < -0.39 is 8.60 Å². The summed E-state index contributed by atoms with van der Waals surface area (Å²) in [6.45, 7) is 27.6. The predicted octanol–water partition coefficient (Wildman–Crippen LogP) is 12.4. The van der Waals surface area contributed by atoms with Crippen LogP contribution in [0.15, 0.2) is 48.5 Å². The highest BCUT2D eigenvalue weighted by molar-refractivity contribution is 7.43. The number of phenols is 1. The van der Waals surface area contributed by atoms with E-state index >= 15 is 0 Å². The molecular weight excluding hydrogens is 575 g/mol. The number of hydrogen-bond acceptors (Lipinski definition) is 4.